The Labute approximate surface area is 188 Å². The highest BCUT2D eigenvalue weighted by molar-refractivity contribution is 5.99. The third-order valence-corrected chi connectivity index (χ3v) is 7.73. The summed E-state index contributed by atoms with van der Waals surface area (Å²) < 4.78 is 2.17. The minimum Gasteiger partial charge on any atom is -0.391 e. The number of nitriles is 2. The van der Waals surface area contributed by atoms with Crippen molar-refractivity contribution in [2.75, 3.05) is 6.54 Å². The van der Waals surface area contributed by atoms with E-state index in [1.54, 1.807) is 0 Å². The van der Waals surface area contributed by atoms with Crippen LogP contribution in [0.2, 0.25) is 0 Å². The number of aromatic nitrogens is 1. The molecular weight excluding hydrogens is 400 g/mol. The molecule has 2 aliphatic heterocycles. The predicted molar refractivity (Wildman–Crippen MR) is 119 cm³/mol. The van der Waals surface area contributed by atoms with Gasteiger partial charge in [0.15, 0.2) is 5.78 Å². The molecule has 3 aliphatic rings. The molecule has 2 unspecified atom stereocenters. The number of fused-ring (bicyclic) bond motifs is 2. The van der Waals surface area contributed by atoms with Crippen LogP contribution < -0.4 is 0 Å². The van der Waals surface area contributed by atoms with Gasteiger partial charge < -0.3 is 9.67 Å². The molecule has 0 radical (unpaired) electrons. The molecule has 1 saturated carbocycles. The molecule has 0 spiro atoms. The monoisotopic (exact) mass is 428 g/mol. The SMILES string of the molecule is Cc1c(C(=O)CN2C3CCC2[C@@H](O)C3)cc([C@@H]2C[C@H]2CCC#N)n1-c1ccc(C#N)cc1. The fraction of sp³-hybridized carbons (Fsp3) is 0.500. The van der Waals surface area contributed by atoms with Crippen LogP contribution in [-0.2, 0) is 0 Å². The van der Waals surface area contributed by atoms with Gasteiger partial charge in [0.1, 0.15) is 0 Å². The number of aliphatic hydroxyl groups excluding tert-OH is 1. The summed E-state index contributed by atoms with van der Waals surface area (Å²) in [6, 6.07) is 14.4. The standard InChI is InChI=1S/C26H28N4O2/c1-16-21(26(32)15-29-20-8-9-23(29)25(31)12-20)13-24(22-11-18(22)3-2-10-27)30(16)19-6-4-17(14-28)5-7-19/h4-7,13,18,20,22-23,25,31H,2-3,8-9,11-12,15H2,1H3/t18-,20?,22-,23?,25+/m1/s1. The molecule has 3 heterocycles. The first kappa shape index (κ1) is 20.9. The second-order valence-corrected chi connectivity index (χ2v) is 9.56. The summed E-state index contributed by atoms with van der Waals surface area (Å²) in [4.78, 5) is 15.6. The lowest BCUT2D eigenvalue weighted by atomic mass is 9.98. The highest BCUT2D eigenvalue weighted by Gasteiger charge is 2.46. The Morgan fingerprint density at radius 2 is 1.97 bits per heavy atom. The molecule has 1 aromatic heterocycles. The molecule has 2 saturated heterocycles. The van der Waals surface area contributed by atoms with E-state index in [4.69, 9.17) is 10.5 Å². The summed E-state index contributed by atoms with van der Waals surface area (Å²) >= 11 is 0. The molecule has 6 nitrogen and oxygen atoms in total. The van der Waals surface area contributed by atoms with Gasteiger partial charge >= 0.3 is 0 Å². The van der Waals surface area contributed by atoms with Crippen molar-refractivity contribution < 1.29 is 9.90 Å². The number of carbonyl (C=O) groups is 1. The van der Waals surface area contributed by atoms with Crippen molar-refractivity contribution in [3.05, 3.63) is 52.8 Å². The fourth-order valence-corrected chi connectivity index (χ4v) is 5.96. The molecule has 1 aliphatic carbocycles. The molecular formula is C26H28N4O2. The molecule has 5 atom stereocenters. The summed E-state index contributed by atoms with van der Waals surface area (Å²) in [6.07, 6.45) is 4.98. The van der Waals surface area contributed by atoms with Crippen LogP contribution in [0.4, 0.5) is 0 Å². The zero-order chi connectivity index (χ0) is 22.4. The van der Waals surface area contributed by atoms with Crippen LogP contribution >= 0.6 is 0 Å². The Bertz CT molecular complexity index is 1120. The molecule has 0 amide bonds. The second kappa shape index (κ2) is 8.20. The van der Waals surface area contributed by atoms with Crippen LogP contribution in [0.25, 0.3) is 5.69 Å². The quantitative estimate of drug-likeness (QED) is 0.676. The van der Waals surface area contributed by atoms with Crippen molar-refractivity contribution in [3.8, 4) is 17.8 Å². The van der Waals surface area contributed by atoms with E-state index in [1.807, 2.05) is 31.2 Å². The number of rotatable bonds is 7. The topological polar surface area (TPSA) is 93.1 Å². The van der Waals surface area contributed by atoms with Crippen molar-refractivity contribution in [1.29, 1.82) is 10.5 Å². The summed E-state index contributed by atoms with van der Waals surface area (Å²) in [5.74, 6) is 0.939. The lowest BCUT2D eigenvalue weighted by Crippen LogP contribution is -2.36. The maximum atomic E-state index is 13.4. The fourth-order valence-electron chi connectivity index (χ4n) is 5.96. The Morgan fingerprint density at radius 3 is 2.59 bits per heavy atom. The first-order valence-electron chi connectivity index (χ1n) is 11.6. The maximum absolute atomic E-state index is 13.4. The van der Waals surface area contributed by atoms with Gasteiger partial charge in [-0.05, 0) is 75.3 Å². The van der Waals surface area contributed by atoms with Gasteiger partial charge in [0.05, 0.1) is 30.4 Å². The second-order valence-electron chi connectivity index (χ2n) is 9.56. The summed E-state index contributed by atoms with van der Waals surface area (Å²) in [7, 11) is 0. The normalized spacial score (nSPS) is 28.4. The van der Waals surface area contributed by atoms with E-state index in [0.29, 0.717) is 36.4 Å². The number of ketones is 1. The number of hydrogen-bond donors (Lipinski definition) is 1. The zero-order valence-electron chi connectivity index (χ0n) is 18.4. The number of hydrogen-bond acceptors (Lipinski definition) is 5. The molecule has 6 heteroatoms. The van der Waals surface area contributed by atoms with E-state index < -0.39 is 0 Å². The molecule has 164 valence electrons. The van der Waals surface area contributed by atoms with Crippen molar-refractivity contribution in [3.63, 3.8) is 0 Å². The number of Topliss-reactive ketones (excluding diaryl/α,β-unsaturated/α-hetero) is 1. The lowest BCUT2D eigenvalue weighted by molar-refractivity contribution is 0.0873. The van der Waals surface area contributed by atoms with Gasteiger partial charge in [0.2, 0.25) is 0 Å². The molecule has 2 aromatic rings. The number of carbonyl (C=O) groups excluding carboxylic acids is 1. The third kappa shape index (κ3) is 3.54. The van der Waals surface area contributed by atoms with Crippen molar-refractivity contribution in [2.24, 2.45) is 5.92 Å². The first-order valence-corrected chi connectivity index (χ1v) is 11.6. The first-order chi connectivity index (χ1) is 15.5. The molecule has 2 bridgehead atoms. The van der Waals surface area contributed by atoms with Crippen LogP contribution in [0.5, 0.6) is 0 Å². The predicted octanol–water partition coefficient (Wildman–Crippen LogP) is 3.84. The van der Waals surface area contributed by atoms with E-state index in [2.05, 4.69) is 27.7 Å². The van der Waals surface area contributed by atoms with Gasteiger partial charge in [0, 0.05) is 47.1 Å². The molecule has 5 rings (SSSR count). The largest absolute Gasteiger partial charge is 0.391 e. The van der Waals surface area contributed by atoms with E-state index in [9.17, 15) is 9.90 Å². The number of aliphatic hydroxyl groups is 1. The van der Waals surface area contributed by atoms with Gasteiger partial charge in [-0.25, -0.2) is 0 Å². The van der Waals surface area contributed by atoms with Crippen LogP contribution in [-0.4, -0.2) is 45.1 Å². The van der Waals surface area contributed by atoms with E-state index >= 15 is 0 Å². The van der Waals surface area contributed by atoms with Crippen LogP contribution in [0.15, 0.2) is 30.3 Å². The van der Waals surface area contributed by atoms with Crippen molar-refractivity contribution in [1.82, 2.24) is 9.47 Å². The average molecular weight is 429 g/mol. The summed E-state index contributed by atoms with van der Waals surface area (Å²) in [5.41, 5.74) is 4.36. The minimum absolute atomic E-state index is 0.108. The van der Waals surface area contributed by atoms with Gasteiger partial charge in [-0.1, -0.05) is 0 Å². The molecule has 1 aromatic carbocycles. The summed E-state index contributed by atoms with van der Waals surface area (Å²) in [6.45, 7) is 2.35. The average Bonchev–Trinajstić information content (AvgIpc) is 3.22. The molecule has 32 heavy (non-hydrogen) atoms. The Balaban J connectivity index is 1.46. The lowest BCUT2D eigenvalue weighted by Gasteiger charge is -2.21. The Morgan fingerprint density at radius 1 is 1.19 bits per heavy atom. The van der Waals surface area contributed by atoms with Gasteiger partial charge in [-0.15, -0.1) is 0 Å². The number of nitrogens with zero attached hydrogens (tertiary/aromatic N) is 4. The summed E-state index contributed by atoms with van der Waals surface area (Å²) in [5, 5.41) is 28.4. The maximum Gasteiger partial charge on any atom is 0.178 e. The van der Waals surface area contributed by atoms with Gasteiger partial charge in [0.25, 0.3) is 0 Å². The van der Waals surface area contributed by atoms with Crippen molar-refractivity contribution >= 4 is 5.78 Å². The van der Waals surface area contributed by atoms with E-state index in [0.717, 1.165) is 54.7 Å². The van der Waals surface area contributed by atoms with Gasteiger partial charge in [-0.3, -0.25) is 9.69 Å². The van der Waals surface area contributed by atoms with E-state index in [1.165, 1.54) is 0 Å². The Hall–Kier alpha value is -2.93. The van der Waals surface area contributed by atoms with Gasteiger partial charge in [-0.2, -0.15) is 10.5 Å². The Kier molecular flexibility index (Phi) is 5.37. The van der Waals surface area contributed by atoms with E-state index in [-0.39, 0.29) is 17.9 Å². The van der Waals surface area contributed by atoms with Crippen molar-refractivity contribution in [2.45, 2.75) is 69.6 Å². The zero-order valence-corrected chi connectivity index (χ0v) is 18.4. The van der Waals surface area contributed by atoms with Crippen LogP contribution in [0.1, 0.15) is 71.8 Å². The smallest absolute Gasteiger partial charge is 0.178 e. The number of benzene rings is 1. The minimum atomic E-state index is -0.311. The highest BCUT2D eigenvalue weighted by Crippen LogP contribution is 2.51. The molecule has 1 N–H and O–H groups in total. The third-order valence-electron chi connectivity index (χ3n) is 7.73. The van der Waals surface area contributed by atoms with Crippen LogP contribution in [0, 0.1) is 35.5 Å². The highest BCUT2D eigenvalue weighted by atomic mass is 16.3. The molecule has 3 fully saturated rings. The van der Waals surface area contributed by atoms with Crippen LogP contribution in [0.3, 0.4) is 0 Å².